The molecule has 1 aromatic rings. The van der Waals surface area contributed by atoms with Crippen molar-refractivity contribution in [2.75, 3.05) is 0 Å². The highest BCUT2D eigenvalue weighted by Gasteiger charge is 2.18. The number of benzene rings is 1. The molecule has 4 heteroatoms. The summed E-state index contributed by atoms with van der Waals surface area (Å²) in [6.07, 6.45) is 0.392. The highest BCUT2D eigenvalue weighted by molar-refractivity contribution is 5.68. The van der Waals surface area contributed by atoms with Gasteiger partial charge in [0, 0.05) is 0 Å². The highest BCUT2D eigenvalue weighted by atomic mass is 19.1. The lowest BCUT2D eigenvalue weighted by Crippen LogP contribution is -2.07. The van der Waals surface area contributed by atoms with Crippen LogP contribution in [0.3, 0.4) is 0 Å². The van der Waals surface area contributed by atoms with Crippen molar-refractivity contribution >= 4 is 5.97 Å². The summed E-state index contributed by atoms with van der Waals surface area (Å²) < 4.78 is 13.4. The zero-order valence-electron chi connectivity index (χ0n) is 8.40. The number of hydrogen-bond acceptors (Lipinski definition) is 2. The van der Waals surface area contributed by atoms with E-state index < -0.39 is 23.5 Å². The third kappa shape index (κ3) is 2.68. The predicted molar refractivity (Wildman–Crippen MR) is 53.3 cm³/mol. The molecule has 2 N–H and O–H groups in total. The molecule has 15 heavy (non-hydrogen) atoms. The number of carbonyl (C=O) groups is 1. The van der Waals surface area contributed by atoms with Gasteiger partial charge in [0.2, 0.25) is 0 Å². The first-order valence-electron chi connectivity index (χ1n) is 4.75. The van der Waals surface area contributed by atoms with Gasteiger partial charge in [-0.25, -0.2) is 4.39 Å². The number of phenols is 1. The minimum Gasteiger partial charge on any atom is -0.505 e. The van der Waals surface area contributed by atoms with Crippen molar-refractivity contribution in [3.63, 3.8) is 0 Å². The summed E-state index contributed by atoms with van der Waals surface area (Å²) in [6.45, 7) is 1.79. The maximum atomic E-state index is 13.4. The van der Waals surface area contributed by atoms with Crippen LogP contribution in [0.5, 0.6) is 5.75 Å². The summed E-state index contributed by atoms with van der Waals surface area (Å²) in [6, 6.07) is 4.26. The van der Waals surface area contributed by atoms with Crippen LogP contribution in [0.25, 0.3) is 0 Å². The number of rotatable bonds is 4. The third-order valence-electron chi connectivity index (χ3n) is 2.36. The molecule has 0 aliphatic heterocycles. The molecule has 82 valence electrons. The molecule has 1 rings (SSSR count). The quantitative estimate of drug-likeness (QED) is 0.806. The van der Waals surface area contributed by atoms with Crippen molar-refractivity contribution in [3.05, 3.63) is 29.6 Å². The van der Waals surface area contributed by atoms with Crippen LogP contribution in [-0.2, 0) is 4.79 Å². The lowest BCUT2D eigenvalue weighted by atomic mass is 9.92. The fourth-order valence-corrected chi connectivity index (χ4v) is 1.54. The molecular weight excluding hydrogens is 199 g/mol. The van der Waals surface area contributed by atoms with E-state index >= 15 is 0 Å². The Balaban J connectivity index is 3.01. The van der Waals surface area contributed by atoms with E-state index in [1.165, 1.54) is 18.2 Å². The molecule has 0 aliphatic rings. The zero-order chi connectivity index (χ0) is 11.4. The summed E-state index contributed by atoms with van der Waals surface area (Å²) in [4.78, 5) is 10.6. The lowest BCUT2D eigenvalue weighted by Gasteiger charge is -2.14. The van der Waals surface area contributed by atoms with Crippen molar-refractivity contribution in [1.82, 2.24) is 0 Å². The lowest BCUT2D eigenvalue weighted by molar-refractivity contribution is -0.137. The largest absolute Gasteiger partial charge is 0.505 e. The SMILES string of the molecule is CC[C@H](CC(=O)O)c1cccc(O)c1F. The Bertz CT molecular complexity index is 363. The number of hydrogen-bond donors (Lipinski definition) is 2. The average Bonchev–Trinajstić information content (AvgIpc) is 2.19. The van der Waals surface area contributed by atoms with Crippen LogP contribution in [0.4, 0.5) is 4.39 Å². The van der Waals surface area contributed by atoms with Crippen molar-refractivity contribution < 1.29 is 19.4 Å². The van der Waals surface area contributed by atoms with Crippen LogP contribution in [0.2, 0.25) is 0 Å². The van der Waals surface area contributed by atoms with Gasteiger partial charge >= 0.3 is 5.97 Å². The van der Waals surface area contributed by atoms with E-state index in [4.69, 9.17) is 10.2 Å². The Morgan fingerprint density at radius 3 is 2.73 bits per heavy atom. The molecule has 0 bridgehead atoms. The predicted octanol–water partition coefficient (Wildman–Crippen LogP) is 2.50. The van der Waals surface area contributed by atoms with E-state index in [2.05, 4.69) is 0 Å². The van der Waals surface area contributed by atoms with E-state index in [9.17, 15) is 9.18 Å². The topological polar surface area (TPSA) is 57.5 Å². The van der Waals surface area contributed by atoms with Gasteiger partial charge in [-0.05, 0) is 24.0 Å². The minimum absolute atomic E-state index is 0.128. The van der Waals surface area contributed by atoms with Crippen molar-refractivity contribution in [2.45, 2.75) is 25.7 Å². The Morgan fingerprint density at radius 2 is 2.20 bits per heavy atom. The Kier molecular flexibility index (Phi) is 3.66. The molecule has 0 heterocycles. The van der Waals surface area contributed by atoms with Gasteiger partial charge in [0.05, 0.1) is 6.42 Å². The van der Waals surface area contributed by atoms with Gasteiger partial charge < -0.3 is 10.2 Å². The van der Waals surface area contributed by atoms with E-state index in [1.807, 2.05) is 0 Å². The molecule has 0 radical (unpaired) electrons. The monoisotopic (exact) mass is 212 g/mol. The number of aromatic hydroxyl groups is 1. The fourth-order valence-electron chi connectivity index (χ4n) is 1.54. The number of aliphatic carboxylic acids is 1. The fraction of sp³-hybridized carbons (Fsp3) is 0.364. The average molecular weight is 212 g/mol. The Morgan fingerprint density at radius 1 is 1.53 bits per heavy atom. The molecule has 0 saturated heterocycles. The first-order chi connectivity index (χ1) is 7.06. The second-order valence-electron chi connectivity index (χ2n) is 3.38. The molecule has 0 aromatic heterocycles. The van der Waals surface area contributed by atoms with Gasteiger partial charge in [0.15, 0.2) is 11.6 Å². The van der Waals surface area contributed by atoms with Gasteiger partial charge in [0.25, 0.3) is 0 Å². The normalized spacial score (nSPS) is 12.4. The summed E-state index contributed by atoms with van der Waals surface area (Å²) in [7, 11) is 0. The number of carboxylic acids is 1. The Hall–Kier alpha value is -1.58. The van der Waals surface area contributed by atoms with Crippen LogP contribution < -0.4 is 0 Å². The standard InChI is InChI=1S/C11H13FO3/c1-2-7(6-10(14)15)8-4-3-5-9(13)11(8)12/h3-5,7,13H,2,6H2,1H3,(H,14,15)/t7-/m1/s1. The minimum atomic E-state index is -0.968. The van der Waals surface area contributed by atoms with E-state index in [1.54, 1.807) is 6.92 Å². The maximum absolute atomic E-state index is 13.4. The van der Waals surface area contributed by atoms with Crippen molar-refractivity contribution in [1.29, 1.82) is 0 Å². The van der Waals surface area contributed by atoms with Crippen LogP contribution in [0.1, 0.15) is 31.2 Å². The van der Waals surface area contributed by atoms with E-state index in [0.29, 0.717) is 6.42 Å². The summed E-state index contributed by atoms with van der Waals surface area (Å²) in [5, 5.41) is 17.8. The second-order valence-corrected chi connectivity index (χ2v) is 3.38. The second kappa shape index (κ2) is 4.77. The zero-order valence-corrected chi connectivity index (χ0v) is 8.40. The molecule has 1 atom stereocenters. The Labute approximate surface area is 87.2 Å². The van der Waals surface area contributed by atoms with Gasteiger partial charge in [-0.1, -0.05) is 19.1 Å². The first-order valence-corrected chi connectivity index (χ1v) is 4.75. The number of carboxylic acid groups (broad SMARTS) is 1. The molecule has 0 fully saturated rings. The molecule has 3 nitrogen and oxygen atoms in total. The van der Waals surface area contributed by atoms with Gasteiger partial charge in [-0.3, -0.25) is 4.79 Å². The van der Waals surface area contributed by atoms with Crippen LogP contribution >= 0.6 is 0 Å². The van der Waals surface area contributed by atoms with Crippen LogP contribution in [-0.4, -0.2) is 16.2 Å². The maximum Gasteiger partial charge on any atom is 0.303 e. The molecule has 0 unspecified atom stereocenters. The van der Waals surface area contributed by atoms with Crippen molar-refractivity contribution in [2.24, 2.45) is 0 Å². The van der Waals surface area contributed by atoms with E-state index in [-0.39, 0.29) is 12.0 Å². The summed E-state index contributed by atoms with van der Waals surface area (Å²) >= 11 is 0. The van der Waals surface area contributed by atoms with Crippen molar-refractivity contribution in [3.8, 4) is 5.75 Å². The summed E-state index contributed by atoms with van der Waals surface area (Å²) in [5.74, 6) is -2.51. The van der Waals surface area contributed by atoms with Gasteiger partial charge in [-0.15, -0.1) is 0 Å². The molecule has 1 aromatic carbocycles. The van der Waals surface area contributed by atoms with Gasteiger partial charge in [0.1, 0.15) is 0 Å². The number of halogens is 1. The van der Waals surface area contributed by atoms with Crippen LogP contribution in [0.15, 0.2) is 18.2 Å². The first kappa shape index (κ1) is 11.5. The van der Waals surface area contributed by atoms with Crippen LogP contribution in [0, 0.1) is 5.82 Å². The molecule has 0 aliphatic carbocycles. The van der Waals surface area contributed by atoms with Gasteiger partial charge in [-0.2, -0.15) is 0 Å². The van der Waals surface area contributed by atoms with E-state index in [0.717, 1.165) is 0 Å². The molecule has 0 saturated carbocycles. The molecule has 0 amide bonds. The molecule has 0 spiro atoms. The summed E-state index contributed by atoms with van der Waals surface area (Å²) in [5.41, 5.74) is 0.264. The number of phenolic OH excluding ortho intramolecular Hbond substituents is 1. The molecular formula is C11H13FO3. The third-order valence-corrected chi connectivity index (χ3v) is 2.36. The smallest absolute Gasteiger partial charge is 0.303 e. The highest BCUT2D eigenvalue weighted by Crippen LogP contribution is 2.29.